The van der Waals surface area contributed by atoms with E-state index in [1.807, 2.05) is 48.5 Å². The minimum atomic E-state index is 0.340. The maximum Gasteiger partial charge on any atom is 0.191 e. The van der Waals surface area contributed by atoms with Crippen molar-refractivity contribution in [2.75, 3.05) is 12.4 Å². The molecular weight excluding hydrogens is 417 g/mol. The number of para-hydroxylation sites is 1. The number of hydrogen-bond acceptors (Lipinski definition) is 5. The van der Waals surface area contributed by atoms with Gasteiger partial charge in [-0.1, -0.05) is 53.2 Å². The normalized spacial score (nSPS) is 13.5. The Morgan fingerprint density at radius 1 is 1.04 bits per heavy atom. The first-order valence-electron chi connectivity index (χ1n) is 9.03. The van der Waals surface area contributed by atoms with Crippen molar-refractivity contribution >= 4 is 35.0 Å². The first-order valence-corrected chi connectivity index (χ1v) is 10.8. The van der Waals surface area contributed by atoms with Gasteiger partial charge in [-0.2, -0.15) is 0 Å². The van der Waals surface area contributed by atoms with E-state index >= 15 is 0 Å². The van der Waals surface area contributed by atoms with E-state index in [0.717, 1.165) is 35.3 Å². The molecule has 1 fully saturated rings. The molecule has 1 aromatic heterocycles. The van der Waals surface area contributed by atoms with E-state index in [-0.39, 0.29) is 0 Å². The molecule has 0 atom stereocenters. The highest BCUT2D eigenvalue weighted by molar-refractivity contribution is 7.99. The number of aromatic nitrogens is 3. The highest BCUT2D eigenvalue weighted by Gasteiger charge is 2.29. The molecule has 1 aliphatic rings. The number of halogens is 2. The summed E-state index contributed by atoms with van der Waals surface area (Å²) < 4.78 is 13.8. The fraction of sp³-hybridized carbons (Fsp3) is 0.300. The fourth-order valence-corrected chi connectivity index (χ4v) is 3.97. The van der Waals surface area contributed by atoms with Gasteiger partial charge in [0, 0.05) is 16.8 Å². The van der Waals surface area contributed by atoms with E-state index in [2.05, 4.69) is 14.8 Å². The highest BCUT2D eigenvalue weighted by atomic mass is 35.5. The summed E-state index contributed by atoms with van der Waals surface area (Å²) in [6.07, 6.45) is 2.29. The molecule has 2 aromatic carbocycles. The van der Waals surface area contributed by atoms with Gasteiger partial charge in [-0.15, -0.1) is 10.2 Å². The minimum absolute atomic E-state index is 0.340. The highest BCUT2D eigenvalue weighted by Crippen LogP contribution is 2.39. The summed E-state index contributed by atoms with van der Waals surface area (Å²) in [5.41, 5.74) is 0. The van der Waals surface area contributed by atoms with E-state index in [0.29, 0.717) is 35.1 Å². The molecule has 8 heteroatoms. The second-order valence-corrected chi connectivity index (χ2v) is 8.28. The van der Waals surface area contributed by atoms with Crippen molar-refractivity contribution in [1.82, 2.24) is 14.8 Å². The number of benzene rings is 2. The zero-order valence-corrected chi connectivity index (χ0v) is 17.4. The Bertz CT molecular complexity index is 947. The second-order valence-electron chi connectivity index (χ2n) is 6.37. The minimum Gasteiger partial charge on any atom is -0.493 e. The maximum atomic E-state index is 6.16. The molecular formula is C20H19Cl2N3O2S. The molecule has 0 bridgehead atoms. The predicted molar refractivity (Wildman–Crippen MR) is 112 cm³/mol. The van der Waals surface area contributed by atoms with Crippen LogP contribution in [0.1, 0.15) is 24.7 Å². The number of rotatable bonds is 9. The Morgan fingerprint density at radius 3 is 2.68 bits per heavy atom. The Hall–Kier alpha value is -1.89. The van der Waals surface area contributed by atoms with Crippen LogP contribution in [0.4, 0.5) is 0 Å². The summed E-state index contributed by atoms with van der Waals surface area (Å²) >= 11 is 13.8. The number of nitrogens with zero attached hydrogens (tertiary/aromatic N) is 3. The molecule has 0 saturated heterocycles. The largest absolute Gasteiger partial charge is 0.493 e. The Kier molecular flexibility index (Phi) is 6.29. The van der Waals surface area contributed by atoms with Crippen molar-refractivity contribution in [1.29, 1.82) is 0 Å². The van der Waals surface area contributed by atoms with Gasteiger partial charge in [-0.05, 0) is 43.2 Å². The summed E-state index contributed by atoms with van der Waals surface area (Å²) in [5, 5.41) is 10.9. The lowest BCUT2D eigenvalue weighted by atomic mass is 10.3. The van der Waals surface area contributed by atoms with Crippen molar-refractivity contribution < 1.29 is 9.47 Å². The van der Waals surface area contributed by atoms with Crippen molar-refractivity contribution in [3.8, 4) is 11.5 Å². The maximum absolute atomic E-state index is 6.16. The van der Waals surface area contributed by atoms with E-state index in [4.69, 9.17) is 32.7 Å². The standard InChI is InChI=1S/C20H19Cl2N3O2S/c21-14-4-3-5-16(12-14)26-10-11-28-20-24-23-19(25(20)15-8-9-15)13-27-18-7-2-1-6-17(18)22/h1-7,12,15H,8-11,13H2. The van der Waals surface area contributed by atoms with E-state index in [1.54, 1.807) is 11.8 Å². The third-order valence-corrected chi connectivity index (χ3v) is 5.67. The van der Waals surface area contributed by atoms with Gasteiger partial charge in [0.15, 0.2) is 11.0 Å². The molecule has 5 nitrogen and oxygen atoms in total. The molecule has 0 aliphatic heterocycles. The van der Waals surface area contributed by atoms with Gasteiger partial charge in [0.1, 0.15) is 18.1 Å². The zero-order chi connectivity index (χ0) is 19.3. The fourth-order valence-electron chi connectivity index (χ4n) is 2.76. The third-order valence-electron chi connectivity index (χ3n) is 4.22. The van der Waals surface area contributed by atoms with Gasteiger partial charge in [-0.25, -0.2) is 0 Å². The third kappa shape index (κ3) is 4.93. The quantitative estimate of drug-likeness (QED) is 0.320. The van der Waals surface area contributed by atoms with Crippen molar-refractivity contribution in [2.24, 2.45) is 0 Å². The summed E-state index contributed by atoms with van der Waals surface area (Å²) in [6.45, 7) is 0.904. The number of thioether (sulfide) groups is 1. The summed E-state index contributed by atoms with van der Waals surface area (Å²) in [4.78, 5) is 0. The average Bonchev–Trinajstić information content (AvgIpc) is 3.45. The van der Waals surface area contributed by atoms with E-state index in [1.165, 1.54) is 0 Å². The van der Waals surface area contributed by atoms with Crippen LogP contribution in [0.5, 0.6) is 11.5 Å². The van der Waals surface area contributed by atoms with Crippen LogP contribution < -0.4 is 9.47 Å². The zero-order valence-electron chi connectivity index (χ0n) is 15.1. The summed E-state index contributed by atoms with van der Waals surface area (Å²) in [6, 6.07) is 15.3. The van der Waals surface area contributed by atoms with Gasteiger partial charge in [-0.3, -0.25) is 0 Å². The first-order chi connectivity index (χ1) is 13.7. The Balaban J connectivity index is 1.35. The van der Waals surface area contributed by atoms with Crippen LogP contribution in [-0.2, 0) is 6.61 Å². The van der Waals surface area contributed by atoms with Gasteiger partial charge in [0.25, 0.3) is 0 Å². The predicted octanol–water partition coefficient (Wildman–Crippen LogP) is 5.67. The molecule has 1 saturated carbocycles. The van der Waals surface area contributed by atoms with Crippen LogP contribution in [0, 0.1) is 0 Å². The first kappa shape index (κ1) is 19.4. The van der Waals surface area contributed by atoms with E-state index < -0.39 is 0 Å². The smallest absolute Gasteiger partial charge is 0.191 e. The molecule has 0 N–H and O–H groups in total. The molecule has 0 radical (unpaired) electrons. The van der Waals surface area contributed by atoms with Crippen LogP contribution in [-0.4, -0.2) is 27.1 Å². The van der Waals surface area contributed by atoms with Gasteiger partial charge >= 0.3 is 0 Å². The molecule has 146 valence electrons. The SMILES string of the molecule is Clc1cccc(OCCSc2nnc(COc3ccccc3Cl)n2C2CC2)c1. The van der Waals surface area contributed by atoms with Gasteiger partial charge < -0.3 is 14.0 Å². The molecule has 4 rings (SSSR count). The Morgan fingerprint density at radius 2 is 1.89 bits per heavy atom. The van der Waals surface area contributed by atoms with Crippen molar-refractivity contribution in [2.45, 2.75) is 30.6 Å². The topological polar surface area (TPSA) is 49.2 Å². The molecule has 0 amide bonds. The van der Waals surface area contributed by atoms with Crippen LogP contribution in [0.3, 0.4) is 0 Å². The average molecular weight is 436 g/mol. The number of hydrogen-bond donors (Lipinski definition) is 0. The van der Waals surface area contributed by atoms with Gasteiger partial charge in [0.05, 0.1) is 11.6 Å². The lowest BCUT2D eigenvalue weighted by Gasteiger charge is -2.11. The molecule has 28 heavy (non-hydrogen) atoms. The van der Waals surface area contributed by atoms with Gasteiger partial charge in [0.2, 0.25) is 0 Å². The lowest BCUT2D eigenvalue weighted by molar-refractivity contribution is 0.288. The molecule has 0 spiro atoms. The summed E-state index contributed by atoms with van der Waals surface area (Å²) in [5.74, 6) is 3.01. The Labute approximate surface area is 178 Å². The molecule has 1 heterocycles. The second kappa shape index (κ2) is 9.07. The van der Waals surface area contributed by atoms with Crippen molar-refractivity contribution in [3.63, 3.8) is 0 Å². The number of ether oxygens (including phenoxy) is 2. The molecule has 0 unspecified atom stereocenters. The molecule has 3 aromatic rings. The summed E-state index contributed by atoms with van der Waals surface area (Å²) in [7, 11) is 0. The lowest BCUT2D eigenvalue weighted by Crippen LogP contribution is -2.08. The van der Waals surface area contributed by atoms with Crippen molar-refractivity contribution in [3.05, 3.63) is 64.4 Å². The monoisotopic (exact) mass is 435 g/mol. The van der Waals surface area contributed by atoms with Crippen LogP contribution in [0.15, 0.2) is 53.7 Å². The van der Waals surface area contributed by atoms with Crippen LogP contribution in [0.2, 0.25) is 10.0 Å². The van der Waals surface area contributed by atoms with Crippen LogP contribution in [0.25, 0.3) is 0 Å². The molecule has 1 aliphatic carbocycles. The van der Waals surface area contributed by atoms with Crippen LogP contribution >= 0.6 is 35.0 Å². The van der Waals surface area contributed by atoms with E-state index in [9.17, 15) is 0 Å².